The van der Waals surface area contributed by atoms with Gasteiger partial charge >= 0.3 is 0 Å². The second-order valence-corrected chi connectivity index (χ2v) is 7.82. The van der Waals surface area contributed by atoms with Gasteiger partial charge in [0.1, 0.15) is 0 Å². The molecule has 0 N–H and O–H groups in total. The van der Waals surface area contributed by atoms with Crippen molar-refractivity contribution in [3.63, 3.8) is 0 Å². The highest BCUT2D eigenvalue weighted by Crippen LogP contribution is 2.28. The molecule has 2 heterocycles. The van der Waals surface area contributed by atoms with Gasteiger partial charge in [-0.2, -0.15) is 4.98 Å². The van der Waals surface area contributed by atoms with Gasteiger partial charge in [-0.25, -0.2) is 4.68 Å². The van der Waals surface area contributed by atoms with Crippen LogP contribution in [0.25, 0.3) is 11.4 Å². The Hall–Kier alpha value is -2.66. The fourth-order valence-electron chi connectivity index (χ4n) is 3.93. The fraction of sp³-hybridized carbons (Fsp3) is 0.391. The van der Waals surface area contributed by atoms with Crippen molar-refractivity contribution in [2.24, 2.45) is 0 Å². The van der Waals surface area contributed by atoms with Gasteiger partial charge in [0, 0.05) is 25.7 Å². The van der Waals surface area contributed by atoms with E-state index in [1.807, 2.05) is 29.7 Å². The van der Waals surface area contributed by atoms with Crippen LogP contribution in [-0.4, -0.2) is 46.8 Å². The summed E-state index contributed by atoms with van der Waals surface area (Å²) in [6, 6.07) is 19.6. The number of hydrogen-bond acceptors (Lipinski definition) is 4. The van der Waals surface area contributed by atoms with Crippen LogP contribution in [0.2, 0.25) is 0 Å². The normalized spacial score (nSPS) is 15.7. The Kier molecular flexibility index (Phi) is 5.44. The molecule has 5 nitrogen and oxygen atoms in total. The van der Waals surface area contributed by atoms with Crippen molar-refractivity contribution in [1.82, 2.24) is 19.7 Å². The average Bonchev–Trinajstić information content (AvgIpc) is 3.39. The highest BCUT2D eigenvalue weighted by Gasteiger charge is 2.20. The lowest BCUT2D eigenvalue weighted by Crippen LogP contribution is -2.23. The van der Waals surface area contributed by atoms with Gasteiger partial charge < -0.3 is 4.90 Å². The van der Waals surface area contributed by atoms with Crippen LogP contribution in [0.5, 0.6) is 0 Å². The van der Waals surface area contributed by atoms with Gasteiger partial charge in [-0.15, -0.1) is 5.10 Å². The molecule has 1 aromatic heterocycles. The quantitative estimate of drug-likeness (QED) is 0.647. The Balaban J connectivity index is 1.63. The minimum atomic E-state index is 0.433. The van der Waals surface area contributed by atoms with Crippen LogP contribution in [0.15, 0.2) is 54.6 Å². The molecule has 0 aliphatic carbocycles. The van der Waals surface area contributed by atoms with E-state index in [0.29, 0.717) is 12.6 Å². The monoisotopic (exact) mass is 375 g/mol. The lowest BCUT2D eigenvalue weighted by Gasteiger charge is -2.24. The number of likely N-dealkylation sites (tertiary alicyclic amines) is 1. The van der Waals surface area contributed by atoms with E-state index in [4.69, 9.17) is 10.1 Å². The Labute approximate surface area is 167 Å². The summed E-state index contributed by atoms with van der Waals surface area (Å²) in [6.45, 7) is 5.41. The first kappa shape index (κ1) is 18.7. The molecule has 1 saturated heterocycles. The summed E-state index contributed by atoms with van der Waals surface area (Å²) in [4.78, 5) is 9.42. The highest BCUT2D eigenvalue weighted by atomic mass is 15.4. The van der Waals surface area contributed by atoms with Crippen LogP contribution in [0, 0.1) is 0 Å². The first-order valence-corrected chi connectivity index (χ1v) is 10.1. The molecule has 1 aliphatic heterocycles. The van der Waals surface area contributed by atoms with Gasteiger partial charge in [-0.1, -0.05) is 48.5 Å². The molecule has 0 radical (unpaired) electrons. The predicted molar refractivity (Wildman–Crippen MR) is 115 cm³/mol. The summed E-state index contributed by atoms with van der Waals surface area (Å²) < 4.78 is 1.99. The van der Waals surface area contributed by atoms with Gasteiger partial charge in [0.25, 0.3) is 0 Å². The van der Waals surface area contributed by atoms with E-state index in [0.717, 1.165) is 17.3 Å². The topological polar surface area (TPSA) is 37.2 Å². The van der Waals surface area contributed by atoms with Crippen LogP contribution in [0.4, 0.5) is 5.95 Å². The molecule has 146 valence electrons. The fourth-order valence-corrected chi connectivity index (χ4v) is 3.93. The van der Waals surface area contributed by atoms with Crippen molar-refractivity contribution in [3.8, 4) is 11.4 Å². The first-order valence-electron chi connectivity index (χ1n) is 10.1. The van der Waals surface area contributed by atoms with Crippen molar-refractivity contribution in [2.75, 3.05) is 32.1 Å². The van der Waals surface area contributed by atoms with Gasteiger partial charge in [-0.3, -0.25) is 4.90 Å². The second kappa shape index (κ2) is 8.15. The third kappa shape index (κ3) is 3.94. The Morgan fingerprint density at radius 3 is 2.46 bits per heavy atom. The van der Waals surface area contributed by atoms with Crippen molar-refractivity contribution in [2.45, 2.75) is 32.4 Å². The molecule has 1 fully saturated rings. The third-order valence-corrected chi connectivity index (χ3v) is 5.54. The molecule has 0 amide bonds. The molecule has 0 spiro atoms. The van der Waals surface area contributed by atoms with Crippen molar-refractivity contribution in [3.05, 3.63) is 65.7 Å². The van der Waals surface area contributed by atoms with Gasteiger partial charge in [0.2, 0.25) is 5.95 Å². The smallest absolute Gasteiger partial charge is 0.224 e. The van der Waals surface area contributed by atoms with Crippen LogP contribution in [-0.2, 0) is 6.54 Å². The zero-order valence-electron chi connectivity index (χ0n) is 17.0. The van der Waals surface area contributed by atoms with Crippen LogP contribution in [0.1, 0.15) is 36.9 Å². The zero-order valence-corrected chi connectivity index (χ0v) is 17.0. The number of anilines is 1. The van der Waals surface area contributed by atoms with Gasteiger partial charge in [0.15, 0.2) is 5.82 Å². The number of rotatable bonds is 6. The molecular formula is C23H29N5. The summed E-state index contributed by atoms with van der Waals surface area (Å²) >= 11 is 0. The molecule has 5 heteroatoms. The van der Waals surface area contributed by atoms with E-state index in [9.17, 15) is 0 Å². The Morgan fingerprint density at radius 2 is 1.75 bits per heavy atom. The molecule has 28 heavy (non-hydrogen) atoms. The Morgan fingerprint density at radius 1 is 1.00 bits per heavy atom. The molecular weight excluding hydrogens is 346 g/mol. The lowest BCUT2D eigenvalue weighted by atomic mass is 10.0. The molecule has 1 atom stereocenters. The summed E-state index contributed by atoms with van der Waals surface area (Å²) in [5.41, 5.74) is 3.64. The van der Waals surface area contributed by atoms with E-state index in [2.05, 4.69) is 60.4 Å². The Bertz CT molecular complexity index is 910. The van der Waals surface area contributed by atoms with Crippen molar-refractivity contribution >= 4 is 5.95 Å². The van der Waals surface area contributed by atoms with E-state index in [1.54, 1.807) is 0 Å². The maximum atomic E-state index is 4.85. The standard InChI is InChI=1S/C23H29N5/c1-18(27-14-7-8-15-27)20-12-9-13-21(16-20)22-24-23(26(2)3)28(25-22)17-19-10-5-4-6-11-19/h4-6,9-13,16,18H,7-8,14-15,17H2,1-3H3/t18-/m1/s1. The van der Waals surface area contributed by atoms with Crippen LogP contribution < -0.4 is 4.90 Å². The minimum absolute atomic E-state index is 0.433. The van der Waals surface area contributed by atoms with E-state index in [-0.39, 0.29) is 0 Å². The van der Waals surface area contributed by atoms with E-state index >= 15 is 0 Å². The number of benzene rings is 2. The molecule has 0 bridgehead atoms. The number of aromatic nitrogens is 3. The molecule has 3 aromatic rings. The van der Waals surface area contributed by atoms with Gasteiger partial charge in [-0.05, 0) is 50.0 Å². The summed E-state index contributed by atoms with van der Waals surface area (Å²) in [5.74, 6) is 1.66. The second-order valence-electron chi connectivity index (χ2n) is 7.82. The molecule has 0 unspecified atom stereocenters. The van der Waals surface area contributed by atoms with Crippen molar-refractivity contribution in [1.29, 1.82) is 0 Å². The molecule has 0 saturated carbocycles. The van der Waals surface area contributed by atoms with E-state index in [1.165, 1.54) is 37.1 Å². The highest BCUT2D eigenvalue weighted by molar-refractivity contribution is 5.58. The maximum Gasteiger partial charge on any atom is 0.224 e. The van der Waals surface area contributed by atoms with Crippen molar-refractivity contribution < 1.29 is 0 Å². The van der Waals surface area contributed by atoms with Crippen LogP contribution >= 0.6 is 0 Å². The first-order chi connectivity index (χ1) is 13.6. The largest absolute Gasteiger partial charge is 0.347 e. The average molecular weight is 376 g/mol. The zero-order chi connectivity index (χ0) is 19.5. The summed E-state index contributed by atoms with van der Waals surface area (Å²) in [7, 11) is 4.03. The van der Waals surface area contributed by atoms with E-state index < -0.39 is 0 Å². The molecule has 1 aliphatic rings. The third-order valence-electron chi connectivity index (χ3n) is 5.54. The molecule has 4 rings (SSSR count). The molecule has 2 aromatic carbocycles. The number of hydrogen-bond donors (Lipinski definition) is 0. The minimum Gasteiger partial charge on any atom is -0.347 e. The van der Waals surface area contributed by atoms with Gasteiger partial charge in [0.05, 0.1) is 6.54 Å². The summed E-state index contributed by atoms with van der Waals surface area (Å²) in [5, 5.41) is 4.85. The SMILES string of the molecule is C[C@H](c1cccc(-c2nc(N(C)C)n(Cc3ccccc3)n2)c1)N1CCCC1. The number of nitrogens with zero attached hydrogens (tertiary/aromatic N) is 5. The lowest BCUT2D eigenvalue weighted by molar-refractivity contribution is 0.263. The predicted octanol–water partition coefficient (Wildman–Crippen LogP) is 4.22. The van der Waals surface area contributed by atoms with Crippen LogP contribution in [0.3, 0.4) is 0 Å². The summed E-state index contributed by atoms with van der Waals surface area (Å²) in [6.07, 6.45) is 2.61. The maximum absolute atomic E-state index is 4.85.